The molecule has 0 saturated carbocycles. The molecule has 0 aliphatic carbocycles. The first-order valence-electron chi connectivity index (χ1n) is 11.7. The third-order valence-electron chi connectivity index (χ3n) is 7.18. The zero-order chi connectivity index (χ0) is 22.8. The molecule has 5 rings (SSSR count). The molecule has 3 saturated heterocycles. The molecule has 3 aliphatic rings. The van der Waals surface area contributed by atoms with Gasteiger partial charge in [-0.05, 0) is 43.4 Å². The smallest absolute Gasteiger partial charge is 0.325 e. The number of imide groups is 1. The first-order chi connectivity index (χ1) is 16.1. The second-order valence-electron chi connectivity index (χ2n) is 9.21. The first kappa shape index (κ1) is 21.6. The molecule has 4 heterocycles. The van der Waals surface area contributed by atoms with E-state index in [4.69, 9.17) is 0 Å². The van der Waals surface area contributed by atoms with Gasteiger partial charge in [-0.2, -0.15) is 0 Å². The van der Waals surface area contributed by atoms with Crippen molar-refractivity contribution in [3.63, 3.8) is 0 Å². The van der Waals surface area contributed by atoms with Gasteiger partial charge in [0.1, 0.15) is 5.54 Å². The number of pyridine rings is 1. The minimum absolute atomic E-state index is 0.0546. The summed E-state index contributed by atoms with van der Waals surface area (Å²) in [6, 6.07) is 13.4. The van der Waals surface area contributed by atoms with E-state index in [0.29, 0.717) is 44.3 Å². The van der Waals surface area contributed by atoms with Crippen LogP contribution >= 0.6 is 0 Å². The van der Waals surface area contributed by atoms with Crippen molar-refractivity contribution in [3.8, 4) is 0 Å². The van der Waals surface area contributed by atoms with Crippen LogP contribution in [0.2, 0.25) is 0 Å². The first-order valence-corrected chi connectivity index (χ1v) is 11.7. The summed E-state index contributed by atoms with van der Waals surface area (Å²) in [6.07, 6.45) is 5.66. The largest absolute Gasteiger partial charge is 0.338 e. The van der Waals surface area contributed by atoms with Crippen molar-refractivity contribution in [3.05, 3.63) is 66.0 Å². The summed E-state index contributed by atoms with van der Waals surface area (Å²) in [6.45, 7) is 3.44. The molecule has 1 N–H and O–H groups in total. The van der Waals surface area contributed by atoms with E-state index in [0.717, 1.165) is 19.6 Å². The van der Waals surface area contributed by atoms with Crippen LogP contribution in [-0.4, -0.2) is 75.3 Å². The lowest BCUT2D eigenvalue weighted by molar-refractivity contribution is -0.135. The average molecular weight is 448 g/mol. The lowest BCUT2D eigenvalue weighted by Crippen LogP contribution is -2.55. The van der Waals surface area contributed by atoms with Crippen molar-refractivity contribution in [2.45, 2.75) is 43.8 Å². The number of rotatable bonds is 4. The molecule has 8 nitrogen and oxygen atoms in total. The molecule has 1 aromatic carbocycles. The monoisotopic (exact) mass is 447 g/mol. The molecule has 1 aromatic heterocycles. The number of hydrogen-bond acceptors (Lipinski definition) is 5. The number of nitrogens with one attached hydrogen (secondary N) is 1. The molecule has 33 heavy (non-hydrogen) atoms. The second kappa shape index (κ2) is 8.94. The highest BCUT2D eigenvalue weighted by Gasteiger charge is 2.54. The van der Waals surface area contributed by atoms with E-state index in [1.807, 2.05) is 18.2 Å². The molecule has 0 radical (unpaired) electrons. The van der Waals surface area contributed by atoms with Gasteiger partial charge in [0.15, 0.2) is 0 Å². The van der Waals surface area contributed by atoms with Crippen LogP contribution < -0.4 is 5.32 Å². The number of nitrogens with zero attached hydrogens (tertiary/aromatic N) is 4. The van der Waals surface area contributed by atoms with Crippen LogP contribution in [0.4, 0.5) is 4.79 Å². The summed E-state index contributed by atoms with van der Waals surface area (Å²) in [4.78, 5) is 48.6. The number of carbonyl (C=O) groups is 3. The Morgan fingerprint density at radius 3 is 2.39 bits per heavy atom. The zero-order valence-electron chi connectivity index (χ0n) is 18.7. The Bertz CT molecular complexity index is 1010. The van der Waals surface area contributed by atoms with Gasteiger partial charge in [-0.1, -0.05) is 30.3 Å². The van der Waals surface area contributed by atoms with Crippen LogP contribution in [0.5, 0.6) is 0 Å². The van der Waals surface area contributed by atoms with Crippen molar-refractivity contribution in [2.24, 2.45) is 0 Å². The maximum absolute atomic E-state index is 13.4. The standard InChI is InChI=1S/C25H29N5O3/c31-22(20-7-4-12-26-17-20)29-13-8-21(9-14-29)30-23(32)25(27-24(30)33)10-15-28(16-11-25)18-19-5-2-1-3-6-19/h1-7,12,17,21H,8-11,13-16,18H2,(H,27,33). The molecule has 4 amide bonds. The van der Waals surface area contributed by atoms with Gasteiger partial charge < -0.3 is 10.2 Å². The van der Waals surface area contributed by atoms with Crippen LogP contribution in [0.3, 0.4) is 0 Å². The van der Waals surface area contributed by atoms with Crippen molar-refractivity contribution < 1.29 is 14.4 Å². The maximum Gasteiger partial charge on any atom is 0.325 e. The summed E-state index contributed by atoms with van der Waals surface area (Å²) in [5.74, 6) is -0.148. The van der Waals surface area contributed by atoms with Gasteiger partial charge in [0, 0.05) is 51.2 Å². The number of aromatic nitrogens is 1. The quantitative estimate of drug-likeness (QED) is 0.727. The van der Waals surface area contributed by atoms with Gasteiger partial charge in [-0.25, -0.2) is 4.79 Å². The van der Waals surface area contributed by atoms with E-state index in [1.54, 1.807) is 29.4 Å². The van der Waals surface area contributed by atoms with Gasteiger partial charge in [0.2, 0.25) is 0 Å². The number of piperidine rings is 2. The Kier molecular flexibility index (Phi) is 5.85. The Hall–Kier alpha value is -3.26. The molecule has 3 fully saturated rings. The Morgan fingerprint density at radius 1 is 1.00 bits per heavy atom. The molecule has 3 aliphatic heterocycles. The van der Waals surface area contributed by atoms with Crippen molar-refractivity contribution in [1.82, 2.24) is 25.0 Å². The molecule has 8 heteroatoms. The lowest BCUT2D eigenvalue weighted by atomic mass is 9.86. The van der Waals surface area contributed by atoms with E-state index in [2.05, 4.69) is 27.3 Å². The topological polar surface area (TPSA) is 85.8 Å². The van der Waals surface area contributed by atoms with Crippen LogP contribution in [0.15, 0.2) is 54.9 Å². The predicted molar refractivity (Wildman–Crippen MR) is 122 cm³/mol. The number of carbonyl (C=O) groups excluding carboxylic acids is 3. The molecular weight excluding hydrogens is 418 g/mol. The van der Waals surface area contributed by atoms with Gasteiger partial charge in [-0.15, -0.1) is 0 Å². The highest BCUT2D eigenvalue weighted by molar-refractivity contribution is 6.07. The molecule has 0 atom stereocenters. The molecule has 0 unspecified atom stereocenters. The van der Waals surface area contributed by atoms with E-state index in [9.17, 15) is 14.4 Å². The number of urea groups is 1. The number of amides is 4. The summed E-state index contributed by atoms with van der Waals surface area (Å²) in [7, 11) is 0. The van der Waals surface area contributed by atoms with Gasteiger partial charge in [0.05, 0.1) is 5.56 Å². The highest BCUT2D eigenvalue weighted by Crippen LogP contribution is 2.33. The minimum atomic E-state index is -0.785. The van der Waals surface area contributed by atoms with Crippen LogP contribution in [0, 0.1) is 0 Å². The van der Waals surface area contributed by atoms with E-state index in [-0.39, 0.29) is 23.9 Å². The SMILES string of the molecule is O=C(c1cccnc1)N1CCC(N2C(=O)NC3(CCN(Cc4ccccc4)CC3)C2=O)CC1. The fourth-order valence-corrected chi connectivity index (χ4v) is 5.25. The Balaban J connectivity index is 1.18. The van der Waals surface area contributed by atoms with Crippen molar-refractivity contribution >= 4 is 17.8 Å². The highest BCUT2D eigenvalue weighted by atomic mass is 16.2. The third kappa shape index (κ3) is 4.23. The number of likely N-dealkylation sites (tertiary alicyclic amines) is 2. The summed E-state index contributed by atoms with van der Waals surface area (Å²) in [5, 5.41) is 3.03. The maximum atomic E-state index is 13.4. The number of hydrogen-bond donors (Lipinski definition) is 1. The predicted octanol–water partition coefficient (Wildman–Crippen LogP) is 2.27. The van der Waals surface area contributed by atoms with E-state index < -0.39 is 5.54 Å². The Labute approximate surface area is 193 Å². The zero-order valence-corrected chi connectivity index (χ0v) is 18.7. The fourth-order valence-electron chi connectivity index (χ4n) is 5.25. The van der Waals surface area contributed by atoms with Gasteiger partial charge >= 0.3 is 6.03 Å². The molecule has 2 aromatic rings. The van der Waals surface area contributed by atoms with Crippen LogP contribution in [-0.2, 0) is 11.3 Å². The fraction of sp³-hybridized carbons (Fsp3) is 0.440. The molecule has 172 valence electrons. The van der Waals surface area contributed by atoms with E-state index >= 15 is 0 Å². The Morgan fingerprint density at radius 2 is 1.73 bits per heavy atom. The second-order valence-corrected chi connectivity index (χ2v) is 9.21. The van der Waals surface area contributed by atoms with E-state index in [1.165, 1.54) is 10.5 Å². The van der Waals surface area contributed by atoms with Crippen molar-refractivity contribution in [2.75, 3.05) is 26.2 Å². The third-order valence-corrected chi connectivity index (χ3v) is 7.18. The lowest BCUT2D eigenvalue weighted by Gasteiger charge is -2.38. The normalized spacial score (nSPS) is 21.5. The summed E-state index contributed by atoms with van der Waals surface area (Å²) < 4.78 is 0. The average Bonchev–Trinajstić information content (AvgIpc) is 3.10. The van der Waals surface area contributed by atoms with Crippen LogP contribution in [0.1, 0.15) is 41.6 Å². The van der Waals surface area contributed by atoms with Gasteiger partial charge in [0.25, 0.3) is 11.8 Å². The molecular formula is C25H29N5O3. The summed E-state index contributed by atoms with van der Waals surface area (Å²) >= 11 is 0. The summed E-state index contributed by atoms with van der Waals surface area (Å²) in [5.41, 5.74) is 1.03. The molecule has 0 bridgehead atoms. The van der Waals surface area contributed by atoms with Gasteiger partial charge in [-0.3, -0.25) is 24.4 Å². The van der Waals surface area contributed by atoms with Crippen LogP contribution in [0.25, 0.3) is 0 Å². The minimum Gasteiger partial charge on any atom is -0.338 e. The van der Waals surface area contributed by atoms with Crippen molar-refractivity contribution in [1.29, 1.82) is 0 Å². The number of benzene rings is 1. The molecule has 1 spiro atoms.